The van der Waals surface area contributed by atoms with Crippen LogP contribution in [0.5, 0.6) is 11.5 Å². The second kappa shape index (κ2) is 8.61. The van der Waals surface area contributed by atoms with Gasteiger partial charge in [0.2, 0.25) is 0 Å². The number of benzene rings is 2. The lowest BCUT2D eigenvalue weighted by molar-refractivity contribution is -0.385. The standard InChI is InChI=1S/C18H18N2O6/c1-12(21)14-8-16(25-2)17(9-15(14)20(23)24)26-11-18(22)19-10-13-6-4-3-5-7-13/h3-9H,10-11H2,1-2H3,(H,19,22). The lowest BCUT2D eigenvalue weighted by Crippen LogP contribution is -2.28. The maximum absolute atomic E-state index is 11.9. The predicted octanol–water partition coefficient (Wildman–Crippen LogP) is 2.50. The van der Waals surface area contributed by atoms with Crippen LogP contribution in [0.2, 0.25) is 0 Å². The first-order valence-electron chi connectivity index (χ1n) is 7.73. The molecule has 0 bridgehead atoms. The summed E-state index contributed by atoms with van der Waals surface area (Å²) in [4.78, 5) is 34.0. The molecular weight excluding hydrogens is 340 g/mol. The molecule has 2 aromatic carbocycles. The van der Waals surface area contributed by atoms with Crippen LogP contribution >= 0.6 is 0 Å². The molecule has 26 heavy (non-hydrogen) atoms. The molecule has 0 spiro atoms. The number of ether oxygens (including phenoxy) is 2. The molecule has 0 aliphatic heterocycles. The van der Waals surface area contributed by atoms with Gasteiger partial charge in [0.15, 0.2) is 23.9 Å². The van der Waals surface area contributed by atoms with Crippen LogP contribution in [0.3, 0.4) is 0 Å². The Labute approximate surface area is 149 Å². The third-order valence-corrected chi connectivity index (χ3v) is 3.55. The van der Waals surface area contributed by atoms with Gasteiger partial charge in [-0.3, -0.25) is 19.7 Å². The van der Waals surface area contributed by atoms with Crippen LogP contribution in [-0.2, 0) is 11.3 Å². The molecule has 136 valence electrons. The molecule has 0 radical (unpaired) electrons. The van der Waals surface area contributed by atoms with E-state index in [1.807, 2.05) is 30.3 Å². The van der Waals surface area contributed by atoms with E-state index in [-0.39, 0.29) is 23.7 Å². The molecule has 0 heterocycles. The average molecular weight is 358 g/mol. The van der Waals surface area contributed by atoms with E-state index in [1.54, 1.807) is 0 Å². The van der Waals surface area contributed by atoms with Crippen LogP contribution in [-0.4, -0.2) is 30.3 Å². The highest BCUT2D eigenvalue weighted by Crippen LogP contribution is 2.34. The Kier molecular flexibility index (Phi) is 6.26. The van der Waals surface area contributed by atoms with Crippen LogP contribution in [0.15, 0.2) is 42.5 Å². The molecular formula is C18H18N2O6. The highest BCUT2D eigenvalue weighted by atomic mass is 16.6. The van der Waals surface area contributed by atoms with Crippen molar-refractivity contribution in [2.45, 2.75) is 13.5 Å². The van der Waals surface area contributed by atoms with Crippen molar-refractivity contribution in [3.05, 3.63) is 63.7 Å². The van der Waals surface area contributed by atoms with Gasteiger partial charge in [-0.1, -0.05) is 30.3 Å². The number of amides is 1. The smallest absolute Gasteiger partial charge is 0.284 e. The molecule has 1 N–H and O–H groups in total. The SMILES string of the molecule is COc1cc(C(C)=O)c([N+](=O)[O-])cc1OCC(=O)NCc1ccccc1. The number of hydrogen-bond donors (Lipinski definition) is 1. The summed E-state index contributed by atoms with van der Waals surface area (Å²) >= 11 is 0. The van der Waals surface area contributed by atoms with Crippen molar-refractivity contribution in [1.82, 2.24) is 5.32 Å². The van der Waals surface area contributed by atoms with Crippen molar-refractivity contribution < 1.29 is 24.0 Å². The number of nitro benzene ring substituents is 1. The number of nitrogens with zero attached hydrogens (tertiary/aromatic N) is 1. The third-order valence-electron chi connectivity index (χ3n) is 3.55. The van der Waals surface area contributed by atoms with E-state index in [0.29, 0.717) is 6.54 Å². The van der Waals surface area contributed by atoms with E-state index in [0.717, 1.165) is 11.6 Å². The number of rotatable bonds is 8. The molecule has 8 heteroatoms. The van der Waals surface area contributed by atoms with Crippen molar-refractivity contribution in [2.75, 3.05) is 13.7 Å². The number of carbonyl (C=O) groups is 2. The number of carbonyl (C=O) groups excluding carboxylic acids is 2. The highest BCUT2D eigenvalue weighted by molar-refractivity contribution is 5.99. The Morgan fingerprint density at radius 3 is 2.42 bits per heavy atom. The lowest BCUT2D eigenvalue weighted by atomic mass is 10.1. The number of hydrogen-bond acceptors (Lipinski definition) is 6. The van der Waals surface area contributed by atoms with Crippen LogP contribution in [0.25, 0.3) is 0 Å². The largest absolute Gasteiger partial charge is 0.493 e. The third kappa shape index (κ3) is 4.79. The summed E-state index contributed by atoms with van der Waals surface area (Å²) in [6, 6.07) is 11.6. The van der Waals surface area contributed by atoms with Gasteiger partial charge in [-0.05, 0) is 12.5 Å². The highest BCUT2D eigenvalue weighted by Gasteiger charge is 2.22. The predicted molar refractivity (Wildman–Crippen MR) is 93.4 cm³/mol. The molecule has 0 saturated heterocycles. The molecule has 2 rings (SSSR count). The van der Waals surface area contributed by atoms with Gasteiger partial charge in [-0.25, -0.2) is 0 Å². The van der Waals surface area contributed by atoms with Gasteiger partial charge >= 0.3 is 0 Å². The minimum Gasteiger partial charge on any atom is -0.493 e. The second-order valence-corrected chi connectivity index (χ2v) is 5.38. The molecule has 0 unspecified atom stereocenters. The quantitative estimate of drug-likeness (QED) is 0.441. The maximum Gasteiger partial charge on any atom is 0.284 e. The molecule has 0 aliphatic rings. The fourth-order valence-corrected chi connectivity index (χ4v) is 2.25. The molecule has 0 saturated carbocycles. The summed E-state index contributed by atoms with van der Waals surface area (Å²) in [5, 5.41) is 13.8. The number of nitrogens with one attached hydrogen (secondary N) is 1. The Balaban J connectivity index is 2.08. The average Bonchev–Trinajstić information content (AvgIpc) is 2.64. The van der Waals surface area contributed by atoms with Crippen molar-refractivity contribution >= 4 is 17.4 Å². The molecule has 0 fully saturated rings. The molecule has 0 aliphatic carbocycles. The van der Waals surface area contributed by atoms with Crippen LogP contribution in [0, 0.1) is 10.1 Å². The monoisotopic (exact) mass is 358 g/mol. The van der Waals surface area contributed by atoms with Gasteiger partial charge in [0.25, 0.3) is 11.6 Å². The first-order valence-corrected chi connectivity index (χ1v) is 7.73. The molecule has 8 nitrogen and oxygen atoms in total. The van der Waals surface area contributed by atoms with Gasteiger partial charge in [-0.2, -0.15) is 0 Å². The van der Waals surface area contributed by atoms with Gasteiger partial charge < -0.3 is 14.8 Å². The van der Waals surface area contributed by atoms with Gasteiger partial charge in [-0.15, -0.1) is 0 Å². The zero-order chi connectivity index (χ0) is 19.1. The Morgan fingerprint density at radius 1 is 1.15 bits per heavy atom. The summed E-state index contributed by atoms with van der Waals surface area (Å²) in [5.41, 5.74) is 0.436. The fraction of sp³-hybridized carbons (Fsp3) is 0.222. The first kappa shape index (κ1) is 18.9. The van der Waals surface area contributed by atoms with Crippen LogP contribution in [0.1, 0.15) is 22.8 Å². The van der Waals surface area contributed by atoms with Crippen molar-refractivity contribution in [1.29, 1.82) is 0 Å². The van der Waals surface area contributed by atoms with E-state index in [1.165, 1.54) is 20.1 Å². The summed E-state index contributed by atoms with van der Waals surface area (Å²) in [7, 11) is 1.34. The molecule has 0 aromatic heterocycles. The summed E-state index contributed by atoms with van der Waals surface area (Å²) in [6.07, 6.45) is 0. The summed E-state index contributed by atoms with van der Waals surface area (Å²) in [6.45, 7) is 1.21. The minimum absolute atomic E-state index is 0.0130. The van der Waals surface area contributed by atoms with Crippen LogP contribution in [0.4, 0.5) is 5.69 Å². The minimum atomic E-state index is -0.682. The second-order valence-electron chi connectivity index (χ2n) is 5.38. The number of ketones is 1. The van der Waals surface area contributed by atoms with Gasteiger partial charge in [0.1, 0.15) is 0 Å². The zero-order valence-electron chi connectivity index (χ0n) is 14.4. The summed E-state index contributed by atoms with van der Waals surface area (Å²) in [5.74, 6) is -0.716. The van der Waals surface area contributed by atoms with Crippen molar-refractivity contribution in [2.24, 2.45) is 0 Å². The topological polar surface area (TPSA) is 108 Å². The van der Waals surface area contributed by atoms with Crippen molar-refractivity contribution in [3.63, 3.8) is 0 Å². The lowest BCUT2D eigenvalue weighted by Gasteiger charge is -2.12. The number of nitro groups is 1. The maximum atomic E-state index is 11.9. The Hall–Kier alpha value is -3.42. The van der Waals surface area contributed by atoms with E-state index >= 15 is 0 Å². The number of Topliss-reactive ketones (excluding diaryl/α,β-unsaturated/α-hetero) is 1. The first-order chi connectivity index (χ1) is 12.4. The fourth-order valence-electron chi connectivity index (χ4n) is 2.25. The molecule has 1 amide bonds. The molecule has 0 atom stereocenters. The molecule has 2 aromatic rings. The van der Waals surface area contributed by atoms with E-state index in [4.69, 9.17) is 9.47 Å². The van der Waals surface area contributed by atoms with Crippen molar-refractivity contribution in [3.8, 4) is 11.5 Å². The summed E-state index contributed by atoms with van der Waals surface area (Å²) < 4.78 is 10.5. The van der Waals surface area contributed by atoms with Gasteiger partial charge in [0, 0.05) is 12.6 Å². The Bertz CT molecular complexity index is 820. The van der Waals surface area contributed by atoms with Crippen LogP contribution < -0.4 is 14.8 Å². The normalized spacial score (nSPS) is 10.1. The zero-order valence-corrected chi connectivity index (χ0v) is 14.4. The van der Waals surface area contributed by atoms with E-state index in [2.05, 4.69) is 5.32 Å². The van der Waals surface area contributed by atoms with E-state index < -0.39 is 22.3 Å². The number of methoxy groups -OCH3 is 1. The Morgan fingerprint density at radius 2 is 1.85 bits per heavy atom. The van der Waals surface area contributed by atoms with Gasteiger partial charge in [0.05, 0.1) is 23.7 Å². The van der Waals surface area contributed by atoms with E-state index in [9.17, 15) is 19.7 Å².